The first-order valence-corrected chi connectivity index (χ1v) is 9.32. The minimum atomic E-state index is -0.161. The molecule has 3 heterocycles. The van der Waals surface area contributed by atoms with Gasteiger partial charge in [-0.2, -0.15) is 0 Å². The average Bonchev–Trinajstić information content (AvgIpc) is 3.35. The van der Waals surface area contributed by atoms with Crippen LogP contribution in [-0.4, -0.2) is 34.4 Å². The molecule has 0 saturated carbocycles. The highest BCUT2D eigenvalue weighted by Gasteiger charge is 2.22. The van der Waals surface area contributed by atoms with Gasteiger partial charge in [-0.25, -0.2) is 0 Å². The Bertz CT molecular complexity index is 892. The van der Waals surface area contributed by atoms with Crippen molar-refractivity contribution >= 4 is 11.8 Å². The predicted molar refractivity (Wildman–Crippen MR) is 101 cm³/mol. The molecule has 9 heteroatoms. The lowest BCUT2D eigenvalue weighted by Crippen LogP contribution is -3.11. The van der Waals surface area contributed by atoms with Crippen molar-refractivity contribution in [3.63, 3.8) is 0 Å². The standard InChI is InChI=1S/C19H25N5O4/c1-5-8-24(12-17-21-22-18(27-17)13-7-6-9-26-13)11-15(25)20-16-10-14(23-28-16)19(2,3)4/h6-7,9-10H,5,8,11-12H2,1-4H3,(H,20,25)/p+1. The van der Waals surface area contributed by atoms with Gasteiger partial charge < -0.3 is 18.3 Å². The van der Waals surface area contributed by atoms with Crippen LogP contribution in [0.1, 0.15) is 45.7 Å². The second-order valence-electron chi connectivity index (χ2n) is 7.71. The summed E-state index contributed by atoms with van der Waals surface area (Å²) in [7, 11) is 0. The summed E-state index contributed by atoms with van der Waals surface area (Å²) in [6, 6.07) is 5.27. The quantitative estimate of drug-likeness (QED) is 0.607. The van der Waals surface area contributed by atoms with Crippen molar-refractivity contribution in [1.82, 2.24) is 15.4 Å². The van der Waals surface area contributed by atoms with E-state index in [0.29, 0.717) is 30.0 Å². The first-order chi connectivity index (χ1) is 13.3. The third-order valence-corrected chi connectivity index (χ3v) is 4.16. The zero-order valence-electron chi connectivity index (χ0n) is 16.6. The number of carbonyl (C=O) groups is 1. The van der Waals surface area contributed by atoms with Crippen LogP contribution in [0.2, 0.25) is 0 Å². The summed E-state index contributed by atoms with van der Waals surface area (Å²) in [6.45, 7) is 9.64. The fourth-order valence-corrected chi connectivity index (χ4v) is 2.73. The van der Waals surface area contributed by atoms with Gasteiger partial charge in [0, 0.05) is 11.5 Å². The number of carbonyl (C=O) groups excluding carboxylic acids is 1. The third kappa shape index (κ3) is 5.07. The molecule has 1 atom stereocenters. The van der Waals surface area contributed by atoms with E-state index < -0.39 is 0 Å². The first kappa shape index (κ1) is 19.8. The second-order valence-corrected chi connectivity index (χ2v) is 7.71. The normalized spacial score (nSPS) is 12.9. The molecule has 150 valence electrons. The zero-order chi connectivity index (χ0) is 20.1. The lowest BCUT2D eigenvalue weighted by Gasteiger charge is -2.16. The van der Waals surface area contributed by atoms with E-state index in [1.807, 2.05) is 20.8 Å². The van der Waals surface area contributed by atoms with E-state index in [2.05, 4.69) is 27.6 Å². The summed E-state index contributed by atoms with van der Waals surface area (Å²) >= 11 is 0. The van der Waals surface area contributed by atoms with Crippen LogP contribution in [-0.2, 0) is 16.8 Å². The molecule has 1 amide bonds. The van der Waals surface area contributed by atoms with Crippen molar-refractivity contribution < 1.29 is 23.1 Å². The minimum Gasteiger partial charge on any atom is -0.459 e. The summed E-state index contributed by atoms with van der Waals surface area (Å²) in [5, 5.41) is 14.8. The van der Waals surface area contributed by atoms with Crippen LogP contribution in [0.4, 0.5) is 5.88 Å². The molecule has 3 aromatic rings. The van der Waals surface area contributed by atoms with Crippen molar-refractivity contribution in [2.75, 3.05) is 18.4 Å². The molecule has 2 N–H and O–H groups in total. The maximum atomic E-state index is 12.4. The van der Waals surface area contributed by atoms with Crippen LogP contribution in [0.5, 0.6) is 0 Å². The smallest absolute Gasteiger partial charge is 0.283 e. The molecule has 0 spiro atoms. The molecule has 3 rings (SSSR count). The Morgan fingerprint density at radius 3 is 2.75 bits per heavy atom. The van der Waals surface area contributed by atoms with E-state index in [-0.39, 0.29) is 17.9 Å². The highest BCUT2D eigenvalue weighted by Crippen LogP contribution is 2.23. The molecule has 0 aliphatic heterocycles. The largest absolute Gasteiger partial charge is 0.459 e. The number of rotatable bonds is 8. The zero-order valence-corrected chi connectivity index (χ0v) is 16.6. The summed E-state index contributed by atoms with van der Waals surface area (Å²) in [5.41, 5.74) is 0.646. The number of aromatic nitrogens is 3. The molecular weight excluding hydrogens is 362 g/mol. The van der Waals surface area contributed by atoms with Crippen LogP contribution in [0, 0.1) is 0 Å². The SMILES string of the molecule is CCC[NH+](CC(=O)Nc1cc(C(C)(C)C)no1)Cc1nnc(-c2ccco2)o1. The number of amides is 1. The van der Waals surface area contributed by atoms with Gasteiger partial charge in [0.1, 0.15) is 0 Å². The fourth-order valence-electron chi connectivity index (χ4n) is 2.73. The Balaban J connectivity index is 1.59. The van der Waals surface area contributed by atoms with Crippen LogP contribution < -0.4 is 10.2 Å². The molecule has 0 fully saturated rings. The monoisotopic (exact) mass is 388 g/mol. The highest BCUT2D eigenvalue weighted by atomic mass is 16.5. The molecule has 1 unspecified atom stereocenters. The van der Waals surface area contributed by atoms with Gasteiger partial charge in [-0.3, -0.25) is 10.1 Å². The fraction of sp³-hybridized carbons (Fsp3) is 0.474. The summed E-state index contributed by atoms with van der Waals surface area (Å²) < 4.78 is 16.1. The maximum absolute atomic E-state index is 12.4. The van der Waals surface area contributed by atoms with Crippen molar-refractivity contribution in [2.45, 2.75) is 46.1 Å². The van der Waals surface area contributed by atoms with Gasteiger partial charge in [-0.1, -0.05) is 32.9 Å². The number of nitrogens with zero attached hydrogens (tertiary/aromatic N) is 3. The van der Waals surface area contributed by atoms with Crippen molar-refractivity contribution in [3.05, 3.63) is 36.0 Å². The summed E-state index contributed by atoms with van der Waals surface area (Å²) in [6.07, 6.45) is 2.46. The Morgan fingerprint density at radius 1 is 1.29 bits per heavy atom. The Labute approximate surface area is 163 Å². The molecular formula is C19H26N5O4+. The summed E-state index contributed by atoms with van der Waals surface area (Å²) in [4.78, 5) is 13.4. The number of hydrogen-bond donors (Lipinski definition) is 2. The van der Waals surface area contributed by atoms with Crippen LogP contribution >= 0.6 is 0 Å². The van der Waals surface area contributed by atoms with Gasteiger partial charge in [-0.15, -0.1) is 10.2 Å². The third-order valence-electron chi connectivity index (χ3n) is 4.16. The molecule has 0 saturated heterocycles. The van der Waals surface area contributed by atoms with E-state index in [1.54, 1.807) is 24.5 Å². The predicted octanol–water partition coefficient (Wildman–Crippen LogP) is 2.05. The molecule has 0 aromatic carbocycles. The van der Waals surface area contributed by atoms with Gasteiger partial charge in [0.2, 0.25) is 5.88 Å². The van der Waals surface area contributed by atoms with Gasteiger partial charge in [-0.05, 0) is 18.6 Å². The van der Waals surface area contributed by atoms with E-state index in [4.69, 9.17) is 13.4 Å². The first-order valence-electron chi connectivity index (χ1n) is 9.32. The number of quaternary nitrogens is 1. The van der Waals surface area contributed by atoms with Crippen molar-refractivity contribution in [2.24, 2.45) is 0 Å². The molecule has 3 aromatic heterocycles. The lowest BCUT2D eigenvalue weighted by molar-refractivity contribution is -0.907. The number of hydrogen-bond acceptors (Lipinski definition) is 7. The molecule has 0 radical (unpaired) electrons. The van der Waals surface area contributed by atoms with E-state index in [0.717, 1.165) is 23.6 Å². The van der Waals surface area contributed by atoms with Crippen LogP contribution in [0.3, 0.4) is 0 Å². The molecule has 0 aliphatic carbocycles. The highest BCUT2D eigenvalue weighted by molar-refractivity contribution is 5.90. The maximum Gasteiger partial charge on any atom is 0.283 e. The van der Waals surface area contributed by atoms with Crippen LogP contribution in [0.15, 0.2) is 37.8 Å². The molecule has 28 heavy (non-hydrogen) atoms. The molecule has 9 nitrogen and oxygen atoms in total. The van der Waals surface area contributed by atoms with Crippen molar-refractivity contribution in [1.29, 1.82) is 0 Å². The lowest BCUT2D eigenvalue weighted by atomic mass is 9.92. The van der Waals surface area contributed by atoms with E-state index >= 15 is 0 Å². The Hall–Kier alpha value is -2.94. The van der Waals surface area contributed by atoms with Gasteiger partial charge in [0.05, 0.1) is 18.5 Å². The number of nitrogens with one attached hydrogen (secondary N) is 2. The minimum absolute atomic E-state index is 0.143. The Morgan fingerprint density at radius 2 is 2.11 bits per heavy atom. The second kappa shape index (κ2) is 8.39. The number of anilines is 1. The Kier molecular flexibility index (Phi) is 5.93. The van der Waals surface area contributed by atoms with E-state index in [1.165, 1.54) is 0 Å². The van der Waals surface area contributed by atoms with E-state index in [9.17, 15) is 4.79 Å². The number of furan rings is 1. The van der Waals surface area contributed by atoms with Gasteiger partial charge in [0.25, 0.3) is 17.7 Å². The topological polar surface area (TPSA) is 112 Å². The van der Waals surface area contributed by atoms with Crippen LogP contribution in [0.25, 0.3) is 11.7 Å². The van der Waals surface area contributed by atoms with Crippen molar-refractivity contribution in [3.8, 4) is 11.7 Å². The average molecular weight is 388 g/mol. The van der Waals surface area contributed by atoms with Gasteiger partial charge >= 0.3 is 0 Å². The van der Waals surface area contributed by atoms with Gasteiger partial charge in [0.15, 0.2) is 18.8 Å². The molecule has 0 aliphatic rings. The molecule has 0 bridgehead atoms. The summed E-state index contributed by atoms with van der Waals surface area (Å²) in [5.74, 6) is 1.50.